The van der Waals surface area contributed by atoms with Crippen molar-refractivity contribution in [1.82, 2.24) is 0 Å². The zero-order chi connectivity index (χ0) is 11.2. The summed E-state index contributed by atoms with van der Waals surface area (Å²) in [6, 6.07) is 0. The average Bonchev–Trinajstić information content (AvgIpc) is 1.96. The van der Waals surface area contributed by atoms with Crippen LogP contribution in [0.2, 0.25) is 0 Å². The van der Waals surface area contributed by atoms with Crippen LogP contribution in [-0.2, 0) is 4.79 Å². The molecule has 80 valence electrons. The molecule has 0 rings (SSSR count). The zero-order valence-corrected chi connectivity index (χ0v) is 9.89. The van der Waals surface area contributed by atoms with Crippen molar-refractivity contribution in [3.63, 3.8) is 0 Å². The first-order valence-electron chi connectivity index (χ1n) is 5.30. The molecule has 0 aliphatic carbocycles. The highest BCUT2D eigenvalue weighted by Gasteiger charge is 2.17. The molecular weight excluding hydrogens is 172 g/mol. The van der Waals surface area contributed by atoms with Gasteiger partial charge in [0.25, 0.3) is 0 Å². The van der Waals surface area contributed by atoms with E-state index in [-0.39, 0.29) is 0 Å². The maximum atomic E-state index is 11.4. The minimum Gasteiger partial charge on any atom is -0.300 e. The second-order valence-corrected chi connectivity index (χ2v) is 5.32. The molecule has 0 aromatic carbocycles. The number of carbonyl (C=O) groups is 1. The van der Waals surface area contributed by atoms with Gasteiger partial charge in [-0.2, -0.15) is 0 Å². The van der Waals surface area contributed by atoms with Gasteiger partial charge in [0.1, 0.15) is 5.78 Å². The molecule has 0 saturated heterocycles. The highest BCUT2D eigenvalue weighted by molar-refractivity contribution is 5.78. The Bertz CT molecular complexity index is 214. The van der Waals surface area contributed by atoms with Crippen molar-refractivity contribution in [1.29, 1.82) is 0 Å². The molecule has 0 aromatic heterocycles. The van der Waals surface area contributed by atoms with Crippen LogP contribution >= 0.6 is 0 Å². The van der Waals surface area contributed by atoms with E-state index in [1.807, 2.05) is 0 Å². The van der Waals surface area contributed by atoms with Crippen LogP contribution in [0.25, 0.3) is 0 Å². The Hall–Kier alpha value is -0.770. The summed E-state index contributed by atoms with van der Waals surface area (Å²) >= 11 is 0. The summed E-state index contributed by atoms with van der Waals surface area (Å²) in [4.78, 5) is 11.4. The van der Waals surface area contributed by atoms with E-state index in [1.54, 1.807) is 0 Å². The Morgan fingerprint density at radius 2 is 2.00 bits per heavy atom. The Morgan fingerprint density at radius 1 is 1.43 bits per heavy atom. The minimum atomic E-state index is 0.305. The fraction of sp³-hybridized carbons (Fsp3) is 0.769. The SMILES string of the molecule is C#CCCC(=O)CC(C)CC(C)(C)C. The highest BCUT2D eigenvalue weighted by Crippen LogP contribution is 2.26. The predicted octanol–water partition coefficient (Wildman–Crippen LogP) is 3.43. The van der Waals surface area contributed by atoms with Crippen LogP contribution in [0.1, 0.15) is 53.4 Å². The van der Waals surface area contributed by atoms with E-state index in [0.717, 1.165) is 6.42 Å². The normalized spacial score (nSPS) is 13.4. The van der Waals surface area contributed by atoms with Gasteiger partial charge < -0.3 is 0 Å². The maximum absolute atomic E-state index is 11.4. The third kappa shape index (κ3) is 7.86. The molecule has 1 unspecified atom stereocenters. The first kappa shape index (κ1) is 13.2. The summed E-state index contributed by atoms with van der Waals surface area (Å²) in [6.45, 7) is 8.75. The van der Waals surface area contributed by atoms with Crippen molar-refractivity contribution in [2.75, 3.05) is 0 Å². The number of carbonyl (C=O) groups excluding carboxylic acids is 1. The fourth-order valence-corrected chi connectivity index (χ4v) is 1.82. The Morgan fingerprint density at radius 3 is 2.43 bits per heavy atom. The van der Waals surface area contributed by atoms with Crippen molar-refractivity contribution < 1.29 is 4.79 Å². The van der Waals surface area contributed by atoms with Gasteiger partial charge in [-0.05, 0) is 17.8 Å². The summed E-state index contributed by atoms with van der Waals surface area (Å²) < 4.78 is 0. The standard InChI is InChI=1S/C13H22O/c1-6-7-8-12(14)9-11(2)10-13(3,4)5/h1,11H,7-10H2,2-5H3. The smallest absolute Gasteiger partial charge is 0.134 e. The van der Waals surface area contributed by atoms with Crippen LogP contribution in [0, 0.1) is 23.7 Å². The molecular formula is C13H22O. The number of rotatable bonds is 5. The van der Waals surface area contributed by atoms with Crippen LogP contribution in [-0.4, -0.2) is 5.78 Å². The number of hydrogen-bond acceptors (Lipinski definition) is 1. The van der Waals surface area contributed by atoms with Gasteiger partial charge in [0, 0.05) is 19.3 Å². The largest absolute Gasteiger partial charge is 0.300 e. The van der Waals surface area contributed by atoms with Crippen molar-refractivity contribution in [3.8, 4) is 12.3 Å². The highest BCUT2D eigenvalue weighted by atomic mass is 16.1. The number of ketones is 1. The van der Waals surface area contributed by atoms with Crippen LogP contribution in [0.15, 0.2) is 0 Å². The molecule has 0 aromatic rings. The molecule has 0 aliphatic heterocycles. The number of hydrogen-bond donors (Lipinski definition) is 0. The zero-order valence-electron chi connectivity index (χ0n) is 9.89. The van der Waals surface area contributed by atoms with Crippen molar-refractivity contribution in [3.05, 3.63) is 0 Å². The summed E-state index contributed by atoms with van der Waals surface area (Å²) in [5.41, 5.74) is 0.311. The molecule has 14 heavy (non-hydrogen) atoms. The summed E-state index contributed by atoms with van der Waals surface area (Å²) in [5, 5.41) is 0. The van der Waals surface area contributed by atoms with Crippen molar-refractivity contribution in [2.45, 2.75) is 53.4 Å². The van der Waals surface area contributed by atoms with E-state index in [1.165, 1.54) is 0 Å². The summed E-state index contributed by atoms with van der Waals surface area (Å²) in [7, 11) is 0. The lowest BCUT2D eigenvalue weighted by Gasteiger charge is -2.22. The molecule has 1 atom stereocenters. The van der Waals surface area contributed by atoms with Gasteiger partial charge >= 0.3 is 0 Å². The van der Waals surface area contributed by atoms with E-state index in [4.69, 9.17) is 6.42 Å². The fourth-order valence-electron chi connectivity index (χ4n) is 1.82. The van der Waals surface area contributed by atoms with Gasteiger partial charge in [-0.25, -0.2) is 0 Å². The molecule has 0 N–H and O–H groups in total. The lowest BCUT2D eigenvalue weighted by molar-refractivity contribution is -0.119. The Kier molecular flexibility index (Phi) is 5.53. The molecule has 1 nitrogen and oxygen atoms in total. The van der Waals surface area contributed by atoms with Gasteiger partial charge in [0.2, 0.25) is 0 Å². The first-order chi connectivity index (χ1) is 6.35. The molecule has 0 radical (unpaired) electrons. The Balaban J connectivity index is 3.78. The first-order valence-corrected chi connectivity index (χ1v) is 5.30. The van der Waals surface area contributed by atoms with E-state index in [2.05, 4.69) is 33.6 Å². The number of terminal acetylenes is 1. The molecule has 0 saturated carbocycles. The van der Waals surface area contributed by atoms with Crippen LogP contribution in [0.3, 0.4) is 0 Å². The number of Topliss-reactive ketones (excluding diaryl/α,β-unsaturated/α-hetero) is 1. The van der Waals surface area contributed by atoms with Gasteiger partial charge in [0.05, 0.1) is 0 Å². The lowest BCUT2D eigenvalue weighted by Crippen LogP contribution is -2.14. The van der Waals surface area contributed by atoms with Crippen LogP contribution < -0.4 is 0 Å². The van der Waals surface area contributed by atoms with Crippen molar-refractivity contribution >= 4 is 5.78 Å². The summed E-state index contributed by atoms with van der Waals surface area (Å²) in [6.07, 6.45) is 8.01. The monoisotopic (exact) mass is 194 g/mol. The van der Waals surface area contributed by atoms with Crippen LogP contribution in [0.5, 0.6) is 0 Å². The third-order valence-corrected chi connectivity index (χ3v) is 2.09. The second kappa shape index (κ2) is 5.86. The predicted molar refractivity (Wildman–Crippen MR) is 60.9 cm³/mol. The van der Waals surface area contributed by atoms with Gasteiger partial charge in [0.15, 0.2) is 0 Å². The van der Waals surface area contributed by atoms with Crippen LogP contribution in [0.4, 0.5) is 0 Å². The molecule has 1 heteroatoms. The second-order valence-electron chi connectivity index (χ2n) is 5.32. The van der Waals surface area contributed by atoms with Gasteiger partial charge in [-0.15, -0.1) is 12.3 Å². The van der Waals surface area contributed by atoms with Gasteiger partial charge in [-0.3, -0.25) is 4.79 Å². The average molecular weight is 194 g/mol. The molecule has 0 heterocycles. The molecule has 0 spiro atoms. The maximum Gasteiger partial charge on any atom is 0.134 e. The van der Waals surface area contributed by atoms with E-state index in [0.29, 0.717) is 36.4 Å². The van der Waals surface area contributed by atoms with Gasteiger partial charge in [-0.1, -0.05) is 27.7 Å². The molecule has 0 amide bonds. The molecule has 0 aliphatic rings. The minimum absolute atomic E-state index is 0.305. The lowest BCUT2D eigenvalue weighted by atomic mass is 9.83. The van der Waals surface area contributed by atoms with E-state index in [9.17, 15) is 4.79 Å². The molecule has 0 fully saturated rings. The summed E-state index contributed by atoms with van der Waals surface area (Å²) in [5.74, 6) is 3.28. The van der Waals surface area contributed by atoms with Crippen molar-refractivity contribution in [2.24, 2.45) is 11.3 Å². The van der Waals surface area contributed by atoms with E-state index >= 15 is 0 Å². The third-order valence-electron chi connectivity index (χ3n) is 2.09. The molecule has 0 bridgehead atoms. The van der Waals surface area contributed by atoms with E-state index < -0.39 is 0 Å². The topological polar surface area (TPSA) is 17.1 Å². The quantitative estimate of drug-likeness (QED) is 0.613. The Labute approximate surface area is 88.3 Å².